The average molecular weight is 432 g/mol. The summed E-state index contributed by atoms with van der Waals surface area (Å²) < 4.78 is 10.8. The number of hydrogen-bond donors (Lipinski definition) is 1. The SMILES string of the molecule is O=[N+]([O-])c1ccc(CSc2nc(Nc3ccc4c(c3)OCO4)c3ccccc3n2)cc1. The lowest BCUT2D eigenvalue weighted by Crippen LogP contribution is -1.99. The molecule has 154 valence electrons. The van der Waals surface area contributed by atoms with Crippen LogP contribution in [0.2, 0.25) is 0 Å². The Balaban J connectivity index is 1.41. The minimum atomic E-state index is -0.405. The van der Waals surface area contributed by atoms with Crippen LogP contribution in [0.3, 0.4) is 0 Å². The Bertz CT molecular complexity index is 1280. The van der Waals surface area contributed by atoms with Gasteiger partial charge in [0.1, 0.15) is 5.82 Å². The van der Waals surface area contributed by atoms with Crippen LogP contribution in [0.25, 0.3) is 10.9 Å². The average Bonchev–Trinajstić information content (AvgIpc) is 3.26. The van der Waals surface area contributed by atoms with E-state index in [1.807, 2.05) is 42.5 Å². The Labute approximate surface area is 181 Å². The van der Waals surface area contributed by atoms with Gasteiger partial charge in [-0.15, -0.1) is 0 Å². The molecule has 0 spiro atoms. The Hall–Kier alpha value is -3.85. The summed E-state index contributed by atoms with van der Waals surface area (Å²) in [4.78, 5) is 19.8. The van der Waals surface area contributed by atoms with Gasteiger partial charge in [-0.3, -0.25) is 10.1 Å². The molecule has 0 saturated heterocycles. The number of non-ortho nitro benzene ring substituents is 1. The Kier molecular flexibility index (Phi) is 5.01. The Morgan fingerprint density at radius 3 is 2.65 bits per heavy atom. The highest BCUT2D eigenvalue weighted by Crippen LogP contribution is 2.36. The number of nitro groups is 1. The normalized spacial score (nSPS) is 12.1. The van der Waals surface area contributed by atoms with Crippen molar-refractivity contribution < 1.29 is 14.4 Å². The monoisotopic (exact) mass is 432 g/mol. The number of nitrogens with zero attached hydrogens (tertiary/aromatic N) is 3. The fourth-order valence-electron chi connectivity index (χ4n) is 3.19. The van der Waals surface area contributed by atoms with Crippen molar-refractivity contribution >= 4 is 39.9 Å². The van der Waals surface area contributed by atoms with Crippen LogP contribution in [0.1, 0.15) is 5.56 Å². The van der Waals surface area contributed by atoms with Crippen LogP contribution < -0.4 is 14.8 Å². The van der Waals surface area contributed by atoms with Crippen LogP contribution in [0.4, 0.5) is 17.2 Å². The van der Waals surface area contributed by atoms with Crippen molar-refractivity contribution in [3.8, 4) is 11.5 Å². The van der Waals surface area contributed by atoms with Crippen molar-refractivity contribution in [3.63, 3.8) is 0 Å². The number of thioether (sulfide) groups is 1. The highest BCUT2D eigenvalue weighted by Gasteiger charge is 2.15. The number of rotatable bonds is 6. The zero-order valence-corrected chi connectivity index (χ0v) is 17.0. The highest BCUT2D eigenvalue weighted by atomic mass is 32.2. The van der Waals surface area contributed by atoms with Gasteiger partial charge in [-0.2, -0.15) is 0 Å². The van der Waals surface area contributed by atoms with Crippen molar-refractivity contribution in [1.29, 1.82) is 0 Å². The van der Waals surface area contributed by atoms with E-state index in [1.54, 1.807) is 12.1 Å². The molecule has 0 fully saturated rings. The van der Waals surface area contributed by atoms with E-state index in [0.717, 1.165) is 27.9 Å². The fourth-order valence-corrected chi connectivity index (χ4v) is 3.99. The van der Waals surface area contributed by atoms with Gasteiger partial charge in [-0.1, -0.05) is 36.0 Å². The number of para-hydroxylation sites is 1. The largest absolute Gasteiger partial charge is 0.454 e. The molecule has 2 heterocycles. The van der Waals surface area contributed by atoms with Gasteiger partial charge in [0.2, 0.25) is 6.79 Å². The first kappa shape index (κ1) is 19.1. The molecule has 0 radical (unpaired) electrons. The van der Waals surface area contributed by atoms with Gasteiger partial charge >= 0.3 is 0 Å². The van der Waals surface area contributed by atoms with Gasteiger partial charge < -0.3 is 14.8 Å². The first-order valence-corrected chi connectivity index (χ1v) is 10.4. The third-order valence-corrected chi connectivity index (χ3v) is 5.65. The first-order valence-electron chi connectivity index (χ1n) is 9.45. The molecule has 31 heavy (non-hydrogen) atoms. The number of fused-ring (bicyclic) bond motifs is 2. The van der Waals surface area contributed by atoms with Crippen LogP contribution in [-0.4, -0.2) is 21.7 Å². The second kappa shape index (κ2) is 8.11. The number of hydrogen-bond acceptors (Lipinski definition) is 8. The zero-order valence-electron chi connectivity index (χ0n) is 16.1. The molecule has 4 aromatic rings. The third-order valence-electron chi connectivity index (χ3n) is 4.73. The van der Waals surface area contributed by atoms with E-state index in [2.05, 4.69) is 10.3 Å². The predicted octanol–water partition coefficient (Wildman–Crippen LogP) is 5.30. The van der Waals surface area contributed by atoms with Crippen LogP contribution in [0, 0.1) is 10.1 Å². The summed E-state index contributed by atoms with van der Waals surface area (Å²) in [6.45, 7) is 0.221. The molecule has 0 bridgehead atoms. The van der Waals surface area contributed by atoms with Gasteiger partial charge in [0.05, 0.1) is 10.4 Å². The van der Waals surface area contributed by atoms with Crippen molar-refractivity contribution in [1.82, 2.24) is 9.97 Å². The summed E-state index contributed by atoms with van der Waals surface area (Å²) in [5, 5.41) is 15.7. The quantitative estimate of drug-likeness (QED) is 0.190. The summed E-state index contributed by atoms with van der Waals surface area (Å²) in [5.41, 5.74) is 2.69. The van der Waals surface area contributed by atoms with E-state index in [4.69, 9.17) is 14.5 Å². The maximum Gasteiger partial charge on any atom is 0.269 e. The molecule has 1 aromatic heterocycles. The van der Waals surface area contributed by atoms with E-state index in [1.165, 1.54) is 23.9 Å². The van der Waals surface area contributed by atoms with E-state index >= 15 is 0 Å². The molecule has 0 aliphatic carbocycles. The molecular weight excluding hydrogens is 416 g/mol. The molecule has 1 N–H and O–H groups in total. The van der Waals surface area contributed by atoms with Crippen LogP contribution in [0.5, 0.6) is 11.5 Å². The topological polar surface area (TPSA) is 99.4 Å². The molecule has 0 amide bonds. The van der Waals surface area contributed by atoms with E-state index < -0.39 is 4.92 Å². The number of aromatic nitrogens is 2. The maximum absolute atomic E-state index is 10.8. The van der Waals surface area contributed by atoms with Crippen LogP contribution in [-0.2, 0) is 5.75 Å². The molecule has 0 atom stereocenters. The molecule has 9 heteroatoms. The number of anilines is 2. The fraction of sp³-hybridized carbons (Fsp3) is 0.0909. The lowest BCUT2D eigenvalue weighted by atomic mass is 10.2. The molecule has 5 rings (SSSR count). The Morgan fingerprint density at radius 1 is 1.00 bits per heavy atom. The van der Waals surface area contributed by atoms with Crippen molar-refractivity contribution in [2.45, 2.75) is 10.9 Å². The number of nitrogens with one attached hydrogen (secondary N) is 1. The number of nitro benzene ring substituents is 1. The first-order chi connectivity index (χ1) is 15.2. The minimum Gasteiger partial charge on any atom is -0.454 e. The summed E-state index contributed by atoms with van der Waals surface area (Å²) in [6.07, 6.45) is 0. The molecule has 0 unspecified atom stereocenters. The second-order valence-corrected chi connectivity index (χ2v) is 7.72. The van der Waals surface area contributed by atoms with E-state index in [0.29, 0.717) is 22.5 Å². The summed E-state index contributed by atoms with van der Waals surface area (Å²) in [6, 6.07) is 19.9. The van der Waals surface area contributed by atoms with Gasteiger partial charge in [-0.25, -0.2) is 9.97 Å². The van der Waals surface area contributed by atoms with Crippen molar-refractivity contribution in [2.24, 2.45) is 0 Å². The molecular formula is C22H16N4O4S. The molecule has 1 aliphatic heterocycles. The summed E-state index contributed by atoms with van der Waals surface area (Å²) in [5.74, 6) is 2.70. The summed E-state index contributed by atoms with van der Waals surface area (Å²) >= 11 is 1.47. The van der Waals surface area contributed by atoms with Crippen molar-refractivity contribution in [3.05, 3.63) is 82.4 Å². The lowest BCUT2D eigenvalue weighted by Gasteiger charge is -2.11. The van der Waals surface area contributed by atoms with Crippen molar-refractivity contribution in [2.75, 3.05) is 12.1 Å². The van der Waals surface area contributed by atoms with E-state index in [9.17, 15) is 10.1 Å². The lowest BCUT2D eigenvalue weighted by molar-refractivity contribution is -0.384. The Morgan fingerprint density at radius 2 is 1.81 bits per heavy atom. The van der Waals surface area contributed by atoms with Gasteiger partial charge in [0.25, 0.3) is 5.69 Å². The standard InChI is InChI=1S/C22H16N4O4S/c27-26(28)16-8-5-14(6-9-16)12-31-22-24-18-4-2-1-3-17(18)21(25-22)23-15-7-10-19-20(11-15)30-13-29-19/h1-11H,12-13H2,(H,23,24,25). The minimum absolute atomic E-state index is 0.0749. The zero-order chi connectivity index (χ0) is 21.2. The molecule has 8 nitrogen and oxygen atoms in total. The second-order valence-electron chi connectivity index (χ2n) is 6.78. The smallest absolute Gasteiger partial charge is 0.269 e. The maximum atomic E-state index is 10.8. The predicted molar refractivity (Wildman–Crippen MR) is 118 cm³/mol. The molecule has 3 aromatic carbocycles. The number of ether oxygens (including phenoxy) is 2. The van der Waals surface area contributed by atoms with Gasteiger partial charge in [-0.05, 0) is 29.8 Å². The van der Waals surface area contributed by atoms with Gasteiger partial charge in [0.15, 0.2) is 16.7 Å². The van der Waals surface area contributed by atoms with E-state index in [-0.39, 0.29) is 12.5 Å². The van der Waals surface area contributed by atoms with Crippen LogP contribution in [0.15, 0.2) is 71.9 Å². The number of benzene rings is 3. The third kappa shape index (κ3) is 4.08. The molecule has 1 aliphatic rings. The van der Waals surface area contributed by atoms with Gasteiger partial charge in [0, 0.05) is 35.0 Å². The molecule has 0 saturated carbocycles. The summed E-state index contributed by atoms with van der Waals surface area (Å²) in [7, 11) is 0. The highest BCUT2D eigenvalue weighted by molar-refractivity contribution is 7.98. The van der Waals surface area contributed by atoms with Crippen LogP contribution >= 0.6 is 11.8 Å².